The van der Waals surface area contributed by atoms with Gasteiger partial charge in [-0.15, -0.1) is 0 Å². The molecule has 2 unspecified atom stereocenters. The Balaban J connectivity index is 1.23. The van der Waals surface area contributed by atoms with E-state index in [1.54, 1.807) is 7.11 Å². The first-order valence-electron chi connectivity index (χ1n) is 10.3. The molecule has 3 aliphatic heterocycles. The molecule has 5 aliphatic rings. The topological polar surface area (TPSA) is 51.1 Å². The Morgan fingerprint density at radius 1 is 1.19 bits per heavy atom. The largest absolute Gasteiger partial charge is 0.497 e. The van der Waals surface area contributed by atoms with Crippen LogP contribution < -0.4 is 4.74 Å². The zero-order valence-corrected chi connectivity index (χ0v) is 16.0. The molecule has 144 valence electrons. The second-order valence-electron chi connectivity index (χ2n) is 8.91. The molecule has 1 aromatic rings. The van der Waals surface area contributed by atoms with Crippen molar-refractivity contribution < 1.29 is 14.4 Å². The molecular weight excluding hydrogens is 340 g/mol. The van der Waals surface area contributed by atoms with Gasteiger partial charge in [0.05, 0.1) is 12.8 Å². The minimum atomic E-state index is -0.429. The number of carbonyl (C=O) groups is 1. The summed E-state index contributed by atoms with van der Waals surface area (Å²) in [7, 11) is 1.67. The third-order valence-corrected chi connectivity index (χ3v) is 6.94. The van der Waals surface area contributed by atoms with E-state index < -0.39 is 6.10 Å². The summed E-state index contributed by atoms with van der Waals surface area (Å²) in [6.45, 7) is 0.932. The van der Waals surface area contributed by atoms with Crippen LogP contribution in [0.4, 0.5) is 0 Å². The highest BCUT2D eigenvalue weighted by Gasteiger charge is 2.46. The minimum absolute atomic E-state index is 0.164. The SMILES string of the molecule is COc1cccc(CC2=NO[C@@H](C(=O)N3CC4C[C@@H]5CC3C[C@H](C4)C5)C2)c1. The van der Waals surface area contributed by atoms with Gasteiger partial charge in [0, 0.05) is 25.4 Å². The van der Waals surface area contributed by atoms with Crippen LogP contribution in [-0.4, -0.2) is 42.3 Å². The molecule has 6 rings (SSSR count). The molecule has 4 fully saturated rings. The average molecular weight is 368 g/mol. The zero-order chi connectivity index (χ0) is 18.4. The van der Waals surface area contributed by atoms with Gasteiger partial charge < -0.3 is 14.5 Å². The van der Waals surface area contributed by atoms with Gasteiger partial charge in [-0.05, 0) is 67.6 Å². The number of ether oxygens (including phenoxy) is 1. The van der Waals surface area contributed by atoms with Gasteiger partial charge in [0.2, 0.25) is 6.10 Å². The number of methoxy groups -OCH3 is 1. The van der Waals surface area contributed by atoms with Crippen LogP contribution in [-0.2, 0) is 16.1 Å². The Kier molecular flexibility index (Phi) is 4.33. The summed E-state index contributed by atoms with van der Waals surface area (Å²) in [4.78, 5) is 21.0. The quantitative estimate of drug-likeness (QED) is 0.818. The molecule has 5 nitrogen and oxygen atoms in total. The van der Waals surface area contributed by atoms with E-state index in [4.69, 9.17) is 9.57 Å². The monoisotopic (exact) mass is 368 g/mol. The summed E-state index contributed by atoms with van der Waals surface area (Å²) in [5.41, 5.74) is 2.08. The number of fused-ring (bicyclic) bond motifs is 1. The van der Waals surface area contributed by atoms with Gasteiger partial charge in [-0.25, -0.2) is 0 Å². The number of hydrogen-bond donors (Lipinski definition) is 0. The van der Waals surface area contributed by atoms with Crippen LogP contribution >= 0.6 is 0 Å². The van der Waals surface area contributed by atoms with Crippen LogP contribution in [0.5, 0.6) is 5.75 Å². The smallest absolute Gasteiger partial charge is 0.267 e. The molecule has 27 heavy (non-hydrogen) atoms. The van der Waals surface area contributed by atoms with E-state index in [1.807, 2.05) is 18.2 Å². The molecule has 2 saturated carbocycles. The van der Waals surface area contributed by atoms with Crippen LogP contribution in [0, 0.1) is 17.8 Å². The van der Waals surface area contributed by atoms with Crippen molar-refractivity contribution in [2.24, 2.45) is 22.9 Å². The number of rotatable bonds is 4. The minimum Gasteiger partial charge on any atom is -0.497 e. The maximum Gasteiger partial charge on any atom is 0.267 e. The van der Waals surface area contributed by atoms with Gasteiger partial charge in [0.15, 0.2) is 0 Å². The lowest BCUT2D eigenvalue weighted by Gasteiger charge is -2.39. The first-order valence-corrected chi connectivity index (χ1v) is 10.3. The lowest BCUT2D eigenvalue weighted by Crippen LogP contribution is -2.46. The molecule has 1 aromatic carbocycles. The molecule has 0 spiro atoms. The number of oxime groups is 1. The van der Waals surface area contributed by atoms with Crippen molar-refractivity contribution in [3.63, 3.8) is 0 Å². The van der Waals surface area contributed by atoms with E-state index in [2.05, 4.69) is 16.1 Å². The van der Waals surface area contributed by atoms with Crippen molar-refractivity contribution in [2.45, 2.75) is 57.1 Å². The fourth-order valence-corrected chi connectivity index (χ4v) is 5.92. The number of amides is 1. The van der Waals surface area contributed by atoms with Gasteiger partial charge in [0.25, 0.3) is 5.91 Å². The summed E-state index contributed by atoms with van der Waals surface area (Å²) < 4.78 is 5.29. The van der Waals surface area contributed by atoms with Crippen LogP contribution in [0.25, 0.3) is 0 Å². The Morgan fingerprint density at radius 2 is 1.96 bits per heavy atom. The lowest BCUT2D eigenvalue weighted by atomic mass is 9.68. The highest BCUT2D eigenvalue weighted by atomic mass is 16.6. The van der Waals surface area contributed by atoms with Crippen LogP contribution in [0.1, 0.15) is 44.1 Å². The van der Waals surface area contributed by atoms with Crippen molar-refractivity contribution in [3.05, 3.63) is 29.8 Å². The predicted molar refractivity (Wildman–Crippen MR) is 103 cm³/mol. The number of nitrogens with zero attached hydrogens (tertiary/aromatic N) is 2. The molecule has 0 N–H and O–H groups in total. The van der Waals surface area contributed by atoms with E-state index in [-0.39, 0.29) is 5.91 Å². The molecule has 4 bridgehead atoms. The molecular formula is C22H28N2O3. The van der Waals surface area contributed by atoms with E-state index in [9.17, 15) is 4.79 Å². The fraction of sp³-hybridized carbons (Fsp3) is 0.636. The molecule has 3 heterocycles. The first-order chi connectivity index (χ1) is 13.2. The van der Waals surface area contributed by atoms with Gasteiger partial charge in [-0.2, -0.15) is 0 Å². The Bertz CT molecular complexity index is 748. The Morgan fingerprint density at radius 3 is 2.74 bits per heavy atom. The third-order valence-electron chi connectivity index (χ3n) is 6.94. The van der Waals surface area contributed by atoms with Crippen molar-refractivity contribution in [3.8, 4) is 5.75 Å². The summed E-state index contributed by atoms with van der Waals surface area (Å²) in [6.07, 6.45) is 7.31. The normalized spacial score (nSPS) is 34.2. The standard InChI is InChI=1S/C22H28N2O3/c1-26-20-4-2-3-14(11-20)8-18-12-21(27-23-18)22(25)24-13-17-6-15-5-16(7-17)10-19(24)9-15/h2-4,11,15-17,19,21H,5-10,12-13H2,1H3/t15-,16+,17?,19?,21-/m1/s1. The maximum atomic E-state index is 13.2. The third kappa shape index (κ3) is 3.32. The van der Waals surface area contributed by atoms with E-state index in [0.29, 0.717) is 24.8 Å². The number of hydrogen-bond acceptors (Lipinski definition) is 4. The van der Waals surface area contributed by atoms with Crippen LogP contribution in [0.3, 0.4) is 0 Å². The van der Waals surface area contributed by atoms with Crippen molar-refractivity contribution in [1.29, 1.82) is 0 Å². The van der Waals surface area contributed by atoms with E-state index >= 15 is 0 Å². The van der Waals surface area contributed by atoms with Gasteiger partial charge in [-0.3, -0.25) is 4.79 Å². The van der Waals surface area contributed by atoms with E-state index in [0.717, 1.165) is 35.4 Å². The first kappa shape index (κ1) is 17.1. The lowest BCUT2D eigenvalue weighted by molar-refractivity contribution is -0.145. The van der Waals surface area contributed by atoms with Crippen molar-refractivity contribution >= 4 is 11.6 Å². The Hall–Kier alpha value is -2.04. The molecule has 5 heteroatoms. The molecule has 2 saturated heterocycles. The highest BCUT2D eigenvalue weighted by Crippen LogP contribution is 2.47. The second kappa shape index (κ2) is 6.84. The summed E-state index contributed by atoms with van der Waals surface area (Å²) in [5.74, 6) is 3.39. The maximum absolute atomic E-state index is 13.2. The summed E-state index contributed by atoms with van der Waals surface area (Å²) >= 11 is 0. The van der Waals surface area contributed by atoms with Gasteiger partial charge in [0.1, 0.15) is 5.75 Å². The molecule has 2 aliphatic carbocycles. The fourth-order valence-electron chi connectivity index (χ4n) is 5.92. The van der Waals surface area contributed by atoms with Crippen LogP contribution in [0.2, 0.25) is 0 Å². The predicted octanol–water partition coefficient (Wildman–Crippen LogP) is 3.42. The van der Waals surface area contributed by atoms with Crippen molar-refractivity contribution in [2.75, 3.05) is 13.7 Å². The van der Waals surface area contributed by atoms with E-state index in [1.165, 1.54) is 32.1 Å². The summed E-state index contributed by atoms with van der Waals surface area (Å²) in [6, 6.07) is 8.42. The van der Waals surface area contributed by atoms with Crippen molar-refractivity contribution in [1.82, 2.24) is 4.90 Å². The van der Waals surface area contributed by atoms with Gasteiger partial charge >= 0.3 is 0 Å². The highest BCUT2D eigenvalue weighted by molar-refractivity contribution is 5.94. The molecule has 1 amide bonds. The number of carbonyl (C=O) groups excluding carboxylic acids is 1. The molecule has 5 atom stereocenters. The Labute approximate surface area is 160 Å². The molecule has 0 aromatic heterocycles. The second-order valence-corrected chi connectivity index (χ2v) is 8.91. The molecule has 0 radical (unpaired) electrons. The zero-order valence-electron chi connectivity index (χ0n) is 16.0. The van der Waals surface area contributed by atoms with Gasteiger partial charge in [-0.1, -0.05) is 17.3 Å². The summed E-state index contributed by atoms with van der Waals surface area (Å²) in [5, 5.41) is 4.24. The average Bonchev–Trinajstić information content (AvgIpc) is 3.04. The number of benzene rings is 1. The van der Waals surface area contributed by atoms with Crippen LogP contribution in [0.15, 0.2) is 29.4 Å².